The standard InChI is InChI=1S/C16H18N6OS/c1-21(9-10-22-8-4-7-19-22)15(23)14-6-3-2-5-13(14)11-24-16-17-12-18-20-16/h2-8,12H,9-11H2,1H3,(H,17,18,20). The minimum absolute atomic E-state index is 0.0101. The molecular formula is C16H18N6OS. The van der Waals surface area contributed by atoms with Gasteiger partial charge in [0.1, 0.15) is 6.33 Å². The highest BCUT2D eigenvalue weighted by molar-refractivity contribution is 7.98. The van der Waals surface area contributed by atoms with Crippen LogP contribution in [0.4, 0.5) is 0 Å². The van der Waals surface area contributed by atoms with Crippen molar-refractivity contribution in [1.82, 2.24) is 29.9 Å². The zero-order valence-electron chi connectivity index (χ0n) is 13.3. The number of carbonyl (C=O) groups is 1. The Balaban J connectivity index is 1.65. The number of aromatic amines is 1. The topological polar surface area (TPSA) is 79.7 Å². The Morgan fingerprint density at radius 2 is 2.21 bits per heavy atom. The van der Waals surface area contributed by atoms with Gasteiger partial charge in [-0.3, -0.25) is 14.6 Å². The van der Waals surface area contributed by atoms with E-state index < -0.39 is 0 Å². The first-order valence-electron chi connectivity index (χ1n) is 7.53. The summed E-state index contributed by atoms with van der Waals surface area (Å²) in [6.45, 7) is 1.27. The molecule has 3 aromatic rings. The quantitative estimate of drug-likeness (QED) is 0.665. The Morgan fingerprint density at radius 3 is 2.96 bits per heavy atom. The molecule has 1 aromatic carbocycles. The lowest BCUT2D eigenvalue weighted by Crippen LogP contribution is -2.30. The van der Waals surface area contributed by atoms with E-state index in [1.807, 2.05) is 48.3 Å². The van der Waals surface area contributed by atoms with Crippen molar-refractivity contribution in [3.8, 4) is 0 Å². The molecule has 24 heavy (non-hydrogen) atoms. The summed E-state index contributed by atoms with van der Waals surface area (Å²) in [6, 6.07) is 9.53. The molecule has 2 heterocycles. The monoisotopic (exact) mass is 342 g/mol. The third-order valence-corrected chi connectivity index (χ3v) is 4.50. The summed E-state index contributed by atoms with van der Waals surface area (Å²) in [5.41, 5.74) is 1.70. The van der Waals surface area contributed by atoms with Gasteiger partial charge in [0.2, 0.25) is 0 Å². The Hall–Kier alpha value is -2.61. The highest BCUT2D eigenvalue weighted by Gasteiger charge is 2.15. The zero-order chi connectivity index (χ0) is 16.8. The van der Waals surface area contributed by atoms with Crippen LogP contribution in [0.25, 0.3) is 0 Å². The van der Waals surface area contributed by atoms with Crippen molar-refractivity contribution in [2.75, 3.05) is 13.6 Å². The van der Waals surface area contributed by atoms with E-state index in [0.717, 1.165) is 10.7 Å². The van der Waals surface area contributed by atoms with E-state index in [4.69, 9.17) is 0 Å². The Morgan fingerprint density at radius 1 is 1.33 bits per heavy atom. The molecule has 0 fully saturated rings. The van der Waals surface area contributed by atoms with Crippen molar-refractivity contribution in [1.29, 1.82) is 0 Å². The SMILES string of the molecule is CN(CCn1cccn1)C(=O)c1ccccc1CSc1ncn[nH]1. The summed E-state index contributed by atoms with van der Waals surface area (Å²) in [5.74, 6) is 0.667. The summed E-state index contributed by atoms with van der Waals surface area (Å²) >= 11 is 1.52. The summed E-state index contributed by atoms with van der Waals surface area (Å²) in [6.07, 6.45) is 5.10. The molecule has 8 heteroatoms. The maximum Gasteiger partial charge on any atom is 0.253 e. The molecule has 0 atom stereocenters. The number of nitrogens with zero attached hydrogens (tertiary/aromatic N) is 5. The first-order valence-corrected chi connectivity index (χ1v) is 8.51. The van der Waals surface area contributed by atoms with Gasteiger partial charge in [-0.25, -0.2) is 4.98 Å². The molecule has 0 aliphatic heterocycles. The van der Waals surface area contributed by atoms with Gasteiger partial charge < -0.3 is 4.90 Å². The zero-order valence-corrected chi connectivity index (χ0v) is 14.1. The molecule has 124 valence electrons. The molecule has 3 rings (SSSR count). The van der Waals surface area contributed by atoms with Crippen LogP contribution in [0.15, 0.2) is 54.2 Å². The van der Waals surface area contributed by atoms with Crippen LogP contribution in [0, 0.1) is 0 Å². The van der Waals surface area contributed by atoms with E-state index in [9.17, 15) is 4.79 Å². The van der Waals surface area contributed by atoms with Gasteiger partial charge in [-0.2, -0.15) is 10.2 Å². The molecule has 0 spiro atoms. The molecule has 0 aliphatic carbocycles. The second kappa shape index (κ2) is 7.78. The van der Waals surface area contributed by atoms with Gasteiger partial charge >= 0.3 is 0 Å². The molecule has 7 nitrogen and oxygen atoms in total. The van der Waals surface area contributed by atoms with E-state index in [0.29, 0.717) is 24.4 Å². The molecule has 0 bridgehead atoms. The number of aromatic nitrogens is 5. The number of nitrogens with one attached hydrogen (secondary N) is 1. The maximum absolute atomic E-state index is 12.7. The molecular weight excluding hydrogens is 324 g/mol. The minimum atomic E-state index is 0.0101. The molecule has 0 saturated heterocycles. The fraction of sp³-hybridized carbons (Fsp3) is 0.250. The second-order valence-electron chi connectivity index (χ2n) is 5.23. The fourth-order valence-electron chi connectivity index (χ4n) is 2.26. The predicted molar refractivity (Wildman–Crippen MR) is 91.6 cm³/mol. The lowest BCUT2D eigenvalue weighted by atomic mass is 10.1. The first kappa shape index (κ1) is 16.3. The number of hydrogen-bond donors (Lipinski definition) is 1. The first-order chi connectivity index (χ1) is 11.7. The van der Waals surface area contributed by atoms with Crippen molar-refractivity contribution in [2.45, 2.75) is 17.5 Å². The number of rotatable bonds is 7. The van der Waals surface area contributed by atoms with Crippen LogP contribution in [0.2, 0.25) is 0 Å². The largest absolute Gasteiger partial charge is 0.340 e. The van der Waals surface area contributed by atoms with Gasteiger partial charge in [0.15, 0.2) is 5.16 Å². The van der Waals surface area contributed by atoms with Gasteiger partial charge in [-0.1, -0.05) is 30.0 Å². The molecule has 1 amide bonds. The number of benzene rings is 1. The van der Waals surface area contributed by atoms with Crippen LogP contribution in [-0.4, -0.2) is 49.4 Å². The third kappa shape index (κ3) is 4.02. The van der Waals surface area contributed by atoms with E-state index in [-0.39, 0.29) is 5.91 Å². The number of likely N-dealkylation sites (N-methyl/N-ethyl adjacent to an activating group) is 1. The van der Waals surface area contributed by atoms with Crippen molar-refractivity contribution in [3.05, 3.63) is 60.2 Å². The molecule has 1 N–H and O–H groups in total. The molecule has 0 radical (unpaired) electrons. The fourth-order valence-corrected chi connectivity index (χ4v) is 3.04. The highest BCUT2D eigenvalue weighted by atomic mass is 32.2. The van der Waals surface area contributed by atoms with Crippen LogP contribution in [0.3, 0.4) is 0 Å². The average molecular weight is 342 g/mol. The van der Waals surface area contributed by atoms with E-state index in [1.165, 1.54) is 18.1 Å². The Kier molecular flexibility index (Phi) is 5.27. The summed E-state index contributed by atoms with van der Waals surface area (Å²) < 4.78 is 1.81. The van der Waals surface area contributed by atoms with Crippen LogP contribution in [-0.2, 0) is 12.3 Å². The highest BCUT2D eigenvalue weighted by Crippen LogP contribution is 2.21. The van der Waals surface area contributed by atoms with Gasteiger partial charge in [0, 0.05) is 37.3 Å². The van der Waals surface area contributed by atoms with Gasteiger partial charge in [0.05, 0.1) is 6.54 Å². The number of hydrogen-bond acceptors (Lipinski definition) is 5. The number of thioether (sulfide) groups is 1. The molecule has 0 saturated carbocycles. The van der Waals surface area contributed by atoms with Crippen LogP contribution < -0.4 is 0 Å². The second-order valence-corrected chi connectivity index (χ2v) is 6.20. The van der Waals surface area contributed by atoms with E-state index in [1.54, 1.807) is 11.1 Å². The lowest BCUT2D eigenvalue weighted by Gasteiger charge is -2.19. The van der Waals surface area contributed by atoms with Crippen molar-refractivity contribution < 1.29 is 4.79 Å². The van der Waals surface area contributed by atoms with E-state index >= 15 is 0 Å². The molecule has 0 aliphatic rings. The Labute approximate surface area is 144 Å². The maximum atomic E-state index is 12.7. The lowest BCUT2D eigenvalue weighted by molar-refractivity contribution is 0.0788. The van der Waals surface area contributed by atoms with Crippen molar-refractivity contribution >= 4 is 17.7 Å². The average Bonchev–Trinajstić information content (AvgIpc) is 3.31. The van der Waals surface area contributed by atoms with Crippen molar-refractivity contribution in [3.63, 3.8) is 0 Å². The molecule has 0 unspecified atom stereocenters. The van der Waals surface area contributed by atoms with E-state index in [2.05, 4.69) is 20.3 Å². The van der Waals surface area contributed by atoms with Crippen LogP contribution >= 0.6 is 11.8 Å². The summed E-state index contributed by atoms with van der Waals surface area (Å²) in [4.78, 5) is 18.5. The molecule has 2 aromatic heterocycles. The van der Waals surface area contributed by atoms with Gasteiger partial charge in [-0.15, -0.1) is 0 Å². The van der Waals surface area contributed by atoms with Crippen LogP contribution in [0.1, 0.15) is 15.9 Å². The van der Waals surface area contributed by atoms with Crippen molar-refractivity contribution in [2.24, 2.45) is 0 Å². The van der Waals surface area contributed by atoms with Gasteiger partial charge in [0.25, 0.3) is 5.91 Å². The minimum Gasteiger partial charge on any atom is -0.340 e. The smallest absolute Gasteiger partial charge is 0.253 e. The number of amides is 1. The Bertz CT molecular complexity index is 772. The summed E-state index contributed by atoms with van der Waals surface area (Å²) in [7, 11) is 1.81. The predicted octanol–water partition coefficient (Wildman–Crippen LogP) is 2.07. The number of carbonyl (C=O) groups excluding carboxylic acids is 1. The third-order valence-electron chi connectivity index (χ3n) is 3.58. The normalized spacial score (nSPS) is 10.7. The summed E-state index contributed by atoms with van der Waals surface area (Å²) in [5, 5.41) is 11.5. The number of H-pyrrole nitrogens is 1. The van der Waals surface area contributed by atoms with Crippen LogP contribution in [0.5, 0.6) is 0 Å². The van der Waals surface area contributed by atoms with Gasteiger partial charge in [-0.05, 0) is 17.7 Å².